The van der Waals surface area contributed by atoms with Crippen molar-refractivity contribution in [3.05, 3.63) is 35.9 Å². The topological polar surface area (TPSA) is 84.7 Å². The van der Waals surface area contributed by atoms with Crippen LogP contribution in [0.2, 0.25) is 0 Å². The van der Waals surface area contributed by atoms with Crippen molar-refractivity contribution in [3.8, 4) is 0 Å². The summed E-state index contributed by atoms with van der Waals surface area (Å²) in [4.78, 5) is 25.9. The lowest BCUT2D eigenvalue weighted by atomic mass is 9.89. The molecule has 3 atom stereocenters. The van der Waals surface area contributed by atoms with Crippen LogP contribution in [0.4, 0.5) is 4.79 Å². The predicted molar refractivity (Wildman–Crippen MR) is 92.2 cm³/mol. The molecule has 1 aromatic rings. The molecular weight excluding hydrogens is 306 g/mol. The van der Waals surface area contributed by atoms with Gasteiger partial charge in [-0.25, -0.2) is 4.79 Å². The van der Waals surface area contributed by atoms with Crippen molar-refractivity contribution >= 4 is 12.0 Å². The number of amides is 2. The van der Waals surface area contributed by atoms with Crippen molar-refractivity contribution in [2.45, 2.75) is 57.3 Å². The lowest BCUT2D eigenvalue weighted by molar-refractivity contribution is -0.134. The van der Waals surface area contributed by atoms with Gasteiger partial charge in [0.2, 0.25) is 5.91 Å². The van der Waals surface area contributed by atoms with E-state index in [1.807, 2.05) is 30.3 Å². The Kier molecular flexibility index (Phi) is 6.61. The summed E-state index contributed by atoms with van der Waals surface area (Å²) in [6.45, 7) is 1.91. The summed E-state index contributed by atoms with van der Waals surface area (Å²) in [6.07, 6.45) is 3.32. The smallest absolute Gasteiger partial charge is 0.407 e. The van der Waals surface area contributed by atoms with Crippen LogP contribution in [-0.4, -0.2) is 42.1 Å². The largest absolute Gasteiger partial charge is 0.445 e. The zero-order valence-corrected chi connectivity index (χ0v) is 14.4. The van der Waals surface area contributed by atoms with Gasteiger partial charge in [0.05, 0.1) is 18.1 Å². The van der Waals surface area contributed by atoms with Crippen LogP contribution in [0.25, 0.3) is 0 Å². The average molecular weight is 333 g/mol. The lowest BCUT2D eigenvalue weighted by Gasteiger charge is -2.38. The van der Waals surface area contributed by atoms with Crippen molar-refractivity contribution in [1.82, 2.24) is 10.2 Å². The second-order valence-electron chi connectivity index (χ2n) is 6.40. The number of likely N-dealkylation sites (N-methyl/N-ethyl adjacent to an activating group) is 1. The maximum Gasteiger partial charge on any atom is 0.407 e. The summed E-state index contributed by atoms with van der Waals surface area (Å²) in [6, 6.07) is 8.86. The molecule has 0 aromatic heterocycles. The fourth-order valence-electron chi connectivity index (χ4n) is 3.14. The highest BCUT2D eigenvalue weighted by molar-refractivity contribution is 5.81. The van der Waals surface area contributed by atoms with E-state index in [1.165, 1.54) is 0 Å². The Morgan fingerprint density at radius 1 is 1.29 bits per heavy atom. The second-order valence-corrected chi connectivity index (χ2v) is 6.40. The first-order chi connectivity index (χ1) is 11.5. The minimum atomic E-state index is -0.539. The van der Waals surface area contributed by atoms with Crippen molar-refractivity contribution < 1.29 is 14.3 Å². The zero-order valence-electron chi connectivity index (χ0n) is 14.4. The zero-order chi connectivity index (χ0) is 17.5. The molecule has 0 spiro atoms. The molecule has 1 saturated carbocycles. The Morgan fingerprint density at radius 2 is 1.96 bits per heavy atom. The van der Waals surface area contributed by atoms with Crippen molar-refractivity contribution in [2.24, 2.45) is 5.73 Å². The highest BCUT2D eigenvalue weighted by atomic mass is 16.5. The molecule has 0 radical (unpaired) electrons. The first-order valence-corrected chi connectivity index (χ1v) is 8.48. The molecule has 1 aliphatic rings. The summed E-state index contributed by atoms with van der Waals surface area (Å²) in [7, 11) is 1.76. The number of ether oxygens (including phenoxy) is 1. The fraction of sp³-hybridized carbons (Fsp3) is 0.556. The van der Waals surface area contributed by atoms with Gasteiger partial charge in [0.15, 0.2) is 0 Å². The van der Waals surface area contributed by atoms with Gasteiger partial charge in [0.1, 0.15) is 6.61 Å². The number of nitrogens with one attached hydrogen (secondary N) is 1. The summed E-state index contributed by atoms with van der Waals surface area (Å²) < 4.78 is 5.29. The van der Waals surface area contributed by atoms with E-state index in [0.29, 0.717) is 0 Å². The predicted octanol–water partition coefficient (Wildman–Crippen LogP) is 2.03. The van der Waals surface area contributed by atoms with Crippen LogP contribution in [0.15, 0.2) is 30.3 Å². The number of benzene rings is 1. The number of nitrogens with zero attached hydrogens (tertiary/aromatic N) is 1. The summed E-state index contributed by atoms with van der Waals surface area (Å²) in [5.41, 5.74) is 6.64. The Morgan fingerprint density at radius 3 is 2.62 bits per heavy atom. The highest BCUT2D eigenvalue weighted by Gasteiger charge is 2.32. The van der Waals surface area contributed by atoms with E-state index in [4.69, 9.17) is 10.5 Å². The molecule has 0 aliphatic heterocycles. The summed E-state index contributed by atoms with van der Waals surface area (Å²) in [5.74, 6) is -0.105. The molecule has 0 heterocycles. The second kappa shape index (κ2) is 8.68. The van der Waals surface area contributed by atoms with E-state index in [0.717, 1.165) is 31.2 Å². The molecule has 1 aliphatic carbocycles. The molecule has 24 heavy (non-hydrogen) atoms. The first kappa shape index (κ1) is 18.3. The number of rotatable bonds is 5. The summed E-state index contributed by atoms with van der Waals surface area (Å²) in [5, 5.41) is 2.92. The van der Waals surface area contributed by atoms with Gasteiger partial charge in [0.25, 0.3) is 0 Å². The van der Waals surface area contributed by atoms with Crippen LogP contribution in [0.1, 0.15) is 38.2 Å². The molecule has 1 aromatic carbocycles. The molecule has 3 N–H and O–H groups in total. The number of alkyl carbamates (subject to hydrolysis) is 1. The van der Waals surface area contributed by atoms with Crippen molar-refractivity contribution in [3.63, 3.8) is 0 Å². The summed E-state index contributed by atoms with van der Waals surface area (Å²) >= 11 is 0. The molecule has 0 bridgehead atoms. The van der Waals surface area contributed by atoms with Gasteiger partial charge in [-0.15, -0.1) is 0 Å². The highest BCUT2D eigenvalue weighted by Crippen LogP contribution is 2.23. The molecule has 1 fully saturated rings. The molecule has 2 amide bonds. The number of carbonyl (C=O) groups is 2. The Balaban J connectivity index is 1.90. The standard InChI is InChI=1S/C18H27N3O3/c1-13(19)17(22)21(2)16-11-7-6-10-15(16)20-18(23)24-12-14-8-4-3-5-9-14/h3-5,8-9,13,15-16H,6-7,10-12,19H2,1-2H3,(H,20,23)/t13-,15?,16?/m0/s1. The molecule has 132 valence electrons. The quantitative estimate of drug-likeness (QED) is 0.863. The number of nitrogens with two attached hydrogens (primary N) is 1. The van der Waals surface area contributed by atoms with Gasteiger partial charge in [-0.2, -0.15) is 0 Å². The Labute approximate surface area is 143 Å². The van der Waals surface area contributed by atoms with Crippen LogP contribution in [0.5, 0.6) is 0 Å². The van der Waals surface area contributed by atoms with E-state index in [1.54, 1.807) is 18.9 Å². The van der Waals surface area contributed by atoms with Gasteiger partial charge < -0.3 is 20.7 Å². The monoisotopic (exact) mass is 333 g/mol. The SMILES string of the molecule is C[C@H](N)C(=O)N(C)C1CCCCC1NC(=O)OCc1ccccc1. The van der Waals surface area contributed by atoms with Gasteiger partial charge in [-0.3, -0.25) is 4.79 Å². The third-order valence-electron chi connectivity index (χ3n) is 4.48. The van der Waals surface area contributed by atoms with E-state index in [2.05, 4.69) is 5.32 Å². The van der Waals surface area contributed by atoms with Gasteiger partial charge in [-0.05, 0) is 25.3 Å². The third-order valence-corrected chi connectivity index (χ3v) is 4.48. The molecular formula is C18H27N3O3. The van der Waals surface area contributed by atoms with Crippen LogP contribution in [-0.2, 0) is 16.1 Å². The Hall–Kier alpha value is -2.08. The number of hydrogen-bond donors (Lipinski definition) is 2. The minimum absolute atomic E-state index is 0.0403. The number of hydrogen-bond acceptors (Lipinski definition) is 4. The molecule has 6 heteroatoms. The molecule has 0 saturated heterocycles. The van der Waals surface area contributed by atoms with Gasteiger partial charge >= 0.3 is 6.09 Å². The maximum atomic E-state index is 12.1. The van der Waals surface area contributed by atoms with Crippen molar-refractivity contribution in [1.29, 1.82) is 0 Å². The molecule has 6 nitrogen and oxygen atoms in total. The Bertz CT molecular complexity index is 548. The third kappa shape index (κ3) is 4.96. The average Bonchev–Trinajstić information content (AvgIpc) is 2.60. The van der Waals surface area contributed by atoms with Crippen LogP contribution in [0.3, 0.4) is 0 Å². The minimum Gasteiger partial charge on any atom is -0.445 e. The lowest BCUT2D eigenvalue weighted by Crippen LogP contribution is -2.56. The van der Waals surface area contributed by atoms with E-state index >= 15 is 0 Å². The van der Waals surface area contributed by atoms with Crippen molar-refractivity contribution in [2.75, 3.05) is 7.05 Å². The van der Waals surface area contributed by atoms with E-state index < -0.39 is 12.1 Å². The van der Waals surface area contributed by atoms with E-state index in [-0.39, 0.29) is 24.6 Å². The molecule has 2 unspecified atom stereocenters. The van der Waals surface area contributed by atoms with Crippen LogP contribution in [0, 0.1) is 0 Å². The van der Waals surface area contributed by atoms with Gasteiger partial charge in [0, 0.05) is 7.05 Å². The maximum absolute atomic E-state index is 12.1. The number of carbonyl (C=O) groups excluding carboxylic acids is 2. The first-order valence-electron chi connectivity index (χ1n) is 8.48. The fourth-order valence-corrected chi connectivity index (χ4v) is 3.14. The molecule has 2 rings (SSSR count). The van der Waals surface area contributed by atoms with Crippen LogP contribution < -0.4 is 11.1 Å². The normalized spacial score (nSPS) is 21.6. The van der Waals surface area contributed by atoms with Gasteiger partial charge in [-0.1, -0.05) is 43.2 Å². The van der Waals surface area contributed by atoms with E-state index in [9.17, 15) is 9.59 Å². The van der Waals surface area contributed by atoms with Crippen LogP contribution >= 0.6 is 0 Å².